The number of fused-ring (bicyclic) bond motifs is 1. The average molecular weight is 325 g/mol. The molecule has 1 aliphatic rings. The SMILES string of the molecule is O=[N+]([O-])c1ccc2nc([C@@H]3O[C@H](CO)[C@@H](O)[C@H](O)[C@H]3O)[nH]c2c1. The number of hydrogen-bond donors (Lipinski definition) is 5. The molecule has 0 spiro atoms. The molecule has 124 valence electrons. The van der Waals surface area contributed by atoms with Crippen LogP contribution in [0.25, 0.3) is 11.0 Å². The zero-order valence-corrected chi connectivity index (χ0v) is 11.7. The fourth-order valence-corrected chi connectivity index (χ4v) is 2.59. The highest BCUT2D eigenvalue weighted by atomic mass is 16.6. The Morgan fingerprint density at radius 1 is 1.26 bits per heavy atom. The molecule has 1 aromatic carbocycles. The third kappa shape index (κ3) is 2.66. The summed E-state index contributed by atoms with van der Waals surface area (Å²) in [5.41, 5.74) is 0.662. The minimum atomic E-state index is -1.52. The van der Waals surface area contributed by atoms with E-state index in [1.54, 1.807) is 0 Å². The van der Waals surface area contributed by atoms with Gasteiger partial charge in [0.05, 0.1) is 22.6 Å². The molecule has 0 saturated carbocycles. The summed E-state index contributed by atoms with van der Waals surface area (Å²) in [7, 11) is 0. The summed E-state index contributed by atoms with van der Waals surface area (Å²) in [5.74, 6) is 0.136. The molecular weight excluding hydrogens is 310 g/mol. The molecule has 1 fully saturated rings. The first-order valence-electron chi connectivity index (χ1n) is 6.87. The van der Waals surface area contributed by atoms with E-state index in [4.69, 9.17) is 4.74 Å². The van der Waals surface area contributed by atoms with Gasteiger partial charge in [-0.2, -0.15) is 0 Å². The number of aromatic nitrogens is 2. The molecule has 10 heteroatoms. The lowest BCUT2D eigenvalue weighted by Crippen LogP contribution is -2.55. The lowest BCUT2D eigenvalue weighted by molar-refractivity contribution is -0.384. The minimum Gasteiger partial charge on any atom is -0.394 e. The van der Waals surface area contributed by atoms with Crippen molar-refractivity contribution >= 4 is 16.7 Å². The number of rotatable bonds is 3. The number of aliphatic hydroxyl groups is 4. The van der Waals surface area contributed by atoms with E-state index < -0.39 is 42.1 Å². The average Bonchev–Trinajstić information content (AvgIpc) is 2.95. The lowest BCUT2D eigenvalue weighted by atomic mass is 9.95. The summed E-state index contributed by atoms with van der Waals surface area (Å²) in [4.78, 5) is 17.2. The van der Waals surface area contributed by atoms with Gasteiger partial charge in [0.1, 0.15) is 36.3 Å². The molecule has 1 saturated heterocycles. The first-order valence-corrected chi connectivity index (χ1v) is 6.87. The highest BCUT2D eigenvalue weighted by Gasteiger charge is 2.45. The van der Waals surface area contributed by atoms with Crippen LogP contribution in [0.1, 0.15) is 11.9 Å². The maximum absolute atomic E-state index is 10.8. The minimum absolute atomic E-state index is 0.124. The highest BCUT2D eigenvalue weighted by Crippen LogP contribution is 2.32. The summed E-state index contributed by atoms with van der Waals surface area (Å²) < 4.78 is 5.39. The summed E-state index contributed by atoms with van der Waals surface area (Å²) in [6.45, 7) is -0.548. The van der Waals surface area contributed by atoms with Crippen molar-refractivity contribution in [1.29, 1.82) is 0 Å². The normalized spacial score (nSPS) is 31.4. The number of non-ortho nitro benzene ring substituents is 1. The van der Waals surface area contributed by atoms with Crippen molar-refractivity contribution in [1.82, 2.24) is 9.97 Å². The number of benzene rings is 1. The van der Waals surface area contributed by atoms with Crippen LogP contribution in [0.4, 0.5) is 5.69 Å². The topological polar surface area (TPSA) is 162 Å². The number of hydrogen-bond acceptors (Lipinski definition) is 8. The molecule has 3 rings (SSSR count). The van der Waals surface area contributed by atoms with Gasteiger partial charge in [-0.25, -0.2) is 4.98 Å². The van der Waals surface area contributed by atoms with Crippen LogP contribution >= 0.6 is 0 Å². The van der Waals surface area contributed by atoms with E-state index >= 15 is 0 Å². The van der Waals surface area contributed by atoms with Crippen molar-refractivity contribution in [3.63, 3.8) is 0 Å². The van der Waals surface area contributed by atoms with Gasteiger partial charge in [-0.05, 0) is 6.07 Å². The van der Waals surface area contributed by atoms with Crippen LogP contribution in [0.2, 0.25) is 0 Å². The second kappa shape index (κ2) is 5.83. The van der Waals surface area contributed by atoms with E-state index in [1.807, 2.05) is 0 Å². The van der Waals surface area contributed by atoms with Crippen molar-refractivity contribution in [2.45, 2.75) is 30.5 Å². The van der Waals surface area contributed by atoms with E-state index in [1.165, 1.54) is 18.2 Å². The zero-order valence-electron chi connectivity index (χ0n) is 11.7. The fourth-order valence-electron chi connectivity index (χ4n) is 2.59. The Morgan fingerprint density at radius 3 is 2.65 bits per heavy atom. The Kier molecular flexibility index (Phi) is 4.00. The number of nitro benzene ring substituents is 1. The van der Waals surface area contributed by atoms with Gasteiger partial charge in [-0.15, -0.1) is 0 Å². The Hall–Kier alpha value is -2.11. The van der Waals surface area contributed by atoms with Gasteiger partial charge in [0.2, 0.25) is 0 Å². The number of aliphatic hydroxyl groups excluding tert-OH is 4. The molecule has 0 radical (unpaired) electrons. The monoisotopic (exact) mass is 325 g/mol. The number of H-pyrrole nitrogens is 1. The molecule has 0 aliphatic carbocycles. The van der Waals surface area contributed by atoms with Crippen LogP contribution < -0.4 is 0 Å². The molecule has 1 aliphatic heterocycles. The predicted octanol–water partition coefficient (Wildman–Crippen LogP) is -1.01. The van der Waals surface area contributed by atoms with Crippen LogP contribution in [-0.4, -0.2) is 66.3 Å². The summed E-state index contributed by atoms with van der Waals surface area (Å²) in [6.07, 6.45) is -6.62. The maximum Gasteiger partial charge on any atom is 0.271 e. The smallest absolute Gasteiger partial charge is 0.271 e. The molecule has 0 amide bonds. The molecule has 5 N–H and O–H groups in total. The van der Waals surface area contributed by atoms with E-state index in [0.29, 0.717) is 11.0 Å². The molecule has 1 aromatic heterocycles. The van der Waals surface area contributed by atoms with Gasteiger partial charge in [-0.3, -0.25) is 10.1 Å². The number of nitrogens with one attached hydrogen (secondary N) is 1. The summed E-state index contributed by atoms with van der Waals surface area (Å²) in [6, 6.07) is 4.02. The van der Waals surface area contributed by atoms with E-state index in [0.717, 1.165) is 0 Å². The van der Waals surface area contributed by atoms with Crippen LogP contribution in [-0.2, 0) is 4.74 Å². The van der Waals surface area contributed by atoms with Crippen molar-refractivity contribution in [3.05, 3.63) is 34.1 Å². The van der Waals surface area contributed by atoms with Crippen LogP contribution in [0, 0.1) is 10.1 Å². The number of nitro groups is 1. The van der Waals surface area contributed by atoms with Gasteiger partial charge in [0.15, 0.2) is 0 Å². The number of imidazole rings is 1. The summed E-state index contributed by atoms with van der Waals surface area (Å²) in [5, 5.41) is 49.6. The third-order valence-electron chi connectivity index (χ3n) is 3.86. The van der Waals surface area contributed by atoms with Crippen LogP contribution in [0.15, 0.2) is 18.2 Å². The van der Waals surface area contributed by atoms with Gasteiger partial charge >= 0.3 is 0 Å². The Balaban J connectivity index is 1.96. The molecular formula is C13H15N3O7. The standard InChI is InChI=1S/C13H15N3O7/c17-4-8-9(18)10(19)11(20)12(23-8)13-14-6-2-1-5(16(21)22)3-7(6)15-13/h1-3,8-12,17-20H,4H2,(H,14,15)/t8-,9-,10+,11-,12-/m1/s1. The van der Waals surface area contributed by atoms with Gasteiger partial charge in [-0.1, -0.05) is 0 Å². The molecule has 0 unspecified atom stereocenters. The molecule has 10 nitrogen and oxygen atoms in total. The Bertz CT molecular complexity index is 731. The van der Waals surface area contributed by atoms with Crippen molar-refractivity contribution in [2.24, 2.45) is 0 Å². The molecule has 2 aromatic rings. The largest absolute Gasteiger partial charge is 0.394 e. The number of aromatic amines is 1. The van der Waals surface area contributed by atoms with Gasteiger partial charge in [0.25, 0.3) is 5.69 Å². The highest BCUT2D eigenvalue weighted by molar-refractivity contribution is 5.77. The first kappa shape index (κ1) is 15.8. The second-order valence-electron chi connectivity index (χ2n) is 5.33. The second-order valence-corrected chi connectivity index (χ2v) is 5.33. The third-order valence-corrected chi connectivity index (χ3v) is 3.86. The predicted molar refractivity (Wildman–Crippen MR) is 75.5 cm³/mol. The fraction of sp³-hybridized carbons (Fsp3) is 0.462. The quantitative estimate of drug-likeness (QED) is 0.354. The molecule has 2 heterocycles. The first-order chi connectivity index (χ1) is 10.9. The molecule has 0 bridgehead atoms. The van der Waals surface area contributed by atoms with Crippen LogP contribution in [0.3, 0.4) is 0 Å². The molecule has 23 heavy (non-hydrogen) atoms. The number of nitrogens with zero attached hydrogens (tertiary/aromatic N) is 2. The Morgan fingerprint density at radius 2 is 2.00 bits per heavy atom. The number of ether oxygens (including phenoxy) is 1. The van der Waals surface area contributed by atoms with Gasteiger partial charge < -0.3 is 30.1 Å². The maximum atomic E-state index is 10.8. The summed E-state index contributed by atoms with van der Waals surface area (Å²) >= 11 is 0. The Labute approximate surface area is 129 Å². The van der Waals surface area contributed by atoms with Crippen molar-refractivity contribution in [2.75, 3.05) is 6.61 Å². The van der Waals surface area contributed by atoms with Crippen LogP contribution in [0.5, 0.6) is 0 Å². The zero-order chi connectivity index (χ0) is 16.7. The van der Waals surface area contributed by atoms with Crippen molar-refractivity contribution in [3.8, 4) is 0 Å². The van der Waals surface area contributed by atoms with E-state index in [9.17, 15) is 30.5 Å². The van der Waals surface area contributed by atoms with Gasteiger partial charge in [0, 0.05) is 12.1 Å². The lowest BCUT2D eigenvalue weighted by Gasteiger charge is -2.39. The van der Waals surface area contributed by atoms with E-state index in [-0.39, 0.29) is 11.5 Å². The molecule has 5 atom stereocenters. The van der Waals surface area contributed by atoms with E-state index in [2.05, 4.69) is 9.97 Å². The van der Waals surface area contributed by atoms with Crippen molar-refractivity contribution < 1.29 is 30.1 Å².